The molecule has 0 fully saturated rings. The van der Waals surface area contributed by atoms with E-state index in [0.717, 1.165) is 15.5 Å². The van der Waals surface area contributed by atoms with Gasteiger partial charge in [-0.15, -0.1) is 0 Å². The van der Waals surface area contributed by atoms with Gasteiger partial charge in [0.05, 0.1) is 26.6 Å². The number of hydrogen-bond acceptors (Lipinski definition) is 16. The molecule has 0 saturated carbocycles. The minimum atomic E-state index is -4.44. The fourth-order valence-corrected chi connectivity index (χ4v) is 5.97. The van der Waals surface area contributed by atoms with Gasteiger partial charge in [-0.3, -0.25) is 0 Å². The van der Waals surface area contributed by atoms with E-state index in [2.05, 4.69) is 45.4 Å². The lowest BCUT2D eigenvalue weighted by atomic mass is 10.2. The van der Waals surface area contributed by atoms with Crippen LogP contribution in [0.15, 0.2) is 61.4 Å². The second-order valence-corrected chi connectivity index (χ2v) is 13.4. The smallest absolute Gasteiger partial charge is 0.412 e. The van der Waals surface area contributed by atoms with Crippen molar-refractivity contribution in [3.05, 3.63) is 78.4 Å². The minimum Gasteiger partial charge on any atom is -0.494 e. The summed E-state index contributed by atoms with van der Waals surface area (Å²) in [5.41, 5.74) is 8.41. The number of anilines is 5. The maximum atomic E-state index is 13.2. The Morgan fingerprint density at radius 2 is 1.21 bits per heavy atom. The molecule has 2 aliphatic rings. The van der Waals surface area contributed by atoms with Gasteiger partial charge in [0.15, 0.2) is 35.2 Å². The van der Waals surface area contributed by atoms with Crippen molar-refractivity contribution < 1.29 is 45.3 Å². The van der Waals surface area contributed by atoms with Crippen LogP contribution < -0.4 is 39.8 Å². The number of halogens is 7. The molecule has 6 heterocycles. The Hall–Kier alpha value is -6.85. The van der Waals surface area contributed by atoms with Crippen LogP contribution in [0.4, 0.5) is 55.3 Å². The lowest BCUT2D eigenvalue weighted by Crippen LogP contribution is -2.50. The number of nitrogens with two attached hydrogens (primary N) is 1. The number of nitrogen functional groups attached to an aromatic ring is 1. The SMILES string of the molecule is CN1c2nc(Cl)ncc2OCC1C(F)(F)F.COc1cc(N)ccc1-n1cnc(C)n1.COc1cc(Nc2ncc3c(n2)N(C)C(C(F)(F)F)CO3)ccc1-n1cnc(C)n1. The summed E-state index contributed by atoms with van der Waals surface area (Å²) in [5.74, 6) is 3.15. The number of benzene rings is 2. The molecular weight excluding hydrogens is 842 g/mol. The standard InChI is InChI=1S/C18H18F3N7O2.C10H12N4O.C8H7ClF3N3O/c1-10-23-9-28(26-10)12-5-4-11(6-13(12)29-3)24-17-22-7-14-16(25-17)27(2)15(8-30-14)18(19,20)21;1-7-12-6-14(13-7)9-4-3-8(11)5-10(9)15-2;1-15-5(8(10,11)12)3-16-4-2-13-7(9)14-6(4)15/h4-7,9,15H,8H2,1-3H3,(H,22,24,25);3-6H,11H2,1-2H3;2,5H,3H2,1H3. The van der Waals surface area contributed by atoms with E-state index in [0.29, 0.717) is 40.2 Å². The molecule has 0 amide bonds. The number of nitrogens with zero attached hydrogens (tertiary/aromatic N) is 12. The van der Waals surface area contributed by atoms with Crippen molar-refractivity contribution in [1.29, 1.82) is 0 Å². The molecule has 0 spiro atoms. The molecule has 25 heteroatoms. The molecule has 61 heavy (non-hydrogen) atoms. The Balaban J connectivity index is 0.000000169. The van der Waals surface area contributed by atoms with Crippen LogP contribution in [0.1, 0.15) is 11.6 Å². The quantitative estimate of drug-likeness (QED) is 0.113. The summed E-state index contributed by atoms with van der Waals surface area (Å²) in [4.78, 5) is 25.9. The first kappa shape index (κ1) is 43.7. The molecule has 2 aromatic carbocycles. The molecule has 2 atom stereocenters. The first-order valence-electron chi connectivity index (χ1n) is 17.8. The van der Waals surface area contributed by atoms with Crippen molar-refractivity contribution >= 4 is 40.6 Å². The number of nitrogens with one attached hydrogen (secondary N) is 1. The van der Waals surface area contributed by atoms with Crippen LogP contribution in [0, 0.1) is 13.8 Å². The van der Waals surface area contributed by atoms with E-state index in [1.165, 1.54) is 33.6 Å². The summed E-state index contributed by atoms with van der Waals surface area (Å²) in [6.07, 6.45) is -2.99. The van der Waals surface area contributed by atoms with Crippen molar-refractivity contribution in [2.45, 2.75) is 38.3 Å². The van der Waals surface area contributed by atoms with Crippen molar-refractivity contribution in [3.63, 3.8) is 0 Å². The van der Waals surface area contributed by atoms with Gasteiger partial charge < -0.3 is 39.8 Å². The Labute approximate surface area is 348 Å². The predicted octanol–water partition coefficient (Wildman–Crippen LogP) is 5.93. The predicted molar refractivity (Wildman–Crippen MR) is 210 cm³/mol. The minimum absolute atomic E-state index is 0.0496. The Morgan fingerprint density at radius 1 is 0.721 bits per heavy atom. The molecule has 2 aliphatic heterocycles. The lowest BCUT2D eigenvalue weighted by Gasteiger charge is -2.35. The molecule has 4 aromatic heterocycles. The fraction of sp³-hybridized carbons (Fsp3) is 0.333. The third-order valence-corrected chi connectivity index (χ3v) is 9.12. The number of methoxy groups -OCH3 is 2. The normalized spacial score (nSPS) is 15.8. The molecule has 324 valence electrons. The van der Waals surface area contributed by atoms with Gasteiger partial charge in [-0.1, -0.05) is 0 Å². The topological polar surface area (TPSA) is 194 Å². The van der Waals surface area contributed by atoms with E-state index in [1.54, 1.807) is 66.4 Å². The van der Waals surface area contributed by atoms with Crippen LogP contribution in [-0.2, 0) is 0 Å². The molecule has 0 radical (unpaired) electrons. The number of alkyl halides is 6. The monoisotopic (exact) mass is 878 g/mol. The second kappa shape index (κ2) is 17.8. The molecular formula is C36H37ClF6N14O4. The first-order valence-corrected chi connectivity index (χ1v) is 18.1. The highest BCUT2D eigenvalue weighted by molar-refractivity contribution is 6.28. The molecule has 6 aromatic rings. The van der Waals surface area contributed by atoms with Crippen molar-refractivity contribution in [2.75, 3.05) is 62.4 Å². The summed E-state index contributed by atoms with van der Waals surface area (Å²) in [6, 6.07) is 7.13. The number of likely N-dealkylation sites (N-methyl/N-ethyl adjacent to an activating group) is 2. The van der Waals surface area contributed by atoms with Crippen molar-refractivity contribution in [3.8, 4) is 34.4 Å². The summed E-state index contributed by atoms with van der Waals surface area (Å²) in [5, 5.41) is 11.3. The van der Waals surface area contributed by atoms with Crippen molar-refractivity contribution in [1.82, 2.24) is 49.5 Å². The van der Waals surface area contributed by atoms with Gasteiger partial charge in [0.2, 0.25) is 11.2 Å². The molecule has 3 N–H and O–H groups in total. The zero-order valence-corrected chi connectivity index (χ0v) is 33.8. The van der Waals surface area contributed by atoms with Crippen LogP contribution in [0.3, 0.4) is 0 Å². The number of ether oxygens (including phenoxy) is 4. The van der Waals surface area contributed by atoms with Gasteiger partial charge in [-0.05, 0) is 49.7 Å². The highest BCUT2D eigenvalue weighted by atomic mass is 35.5. The Morgan fingerprint density at radius 3 is 1.70 bits per heavy atom. The molecule has 0 bridgehead atoms. The average Bonchev–Trinajstić information content (AvgIpc) is 3.85. The lowest BCUT2D eigenvalue weighted by molar-refractivity contribution is -0.156. The number of aromatic nitrogens is 10. The average molecular weight is 879 g/mol. The highest BCUT2D eigenvalue weighted by Crippen LogP contribution is 2.38. The third kappa shape index (κ3) is 10.1. The summed E-state index contributed by atoms with van der Waals surface area (Å²) >= 11 is 5.52. The van der Waals surface area contributed by atoms with E-state index < -0.39 is 37.7 Å². The number of fused-ring (bicyclic) bond motifs is 2. The zero-order chi connectivity index (χ0) is 44.2. The van der Waals surface area contributed by atoms with E-state index in [9.17, 15) is 26.3 Å². The van der Waals surface area contributed by atoms with Crippen LogP contribution >= 0.6 is 11.6 Å². The van der Waals surface area contributed by atoms with Gasteiger partial charge in [-0.25, -0.2) is 29.3 Å². The van der Waals surface area contributed by atoms with Gasteiger partial charge in [0.25, 0.3) is 0 Å². The van der Waals surface area contributed by atoms with E-state index in [-0.39, 0.29) is 34.4 Å². The maximum absolute atomic E-state index is 13.2. The molecule has 8 rings (SSSR count). The number of hydrogen-bond donors (Lipinski definition) is 2. The molecule has 0 saturated heterocycles. The van der Waals surface area contributed by atoms with Crippen molar-refractivity contribution in [2.24, 2.45) is 0 Å². The second-order valence-electron chi connectivity index (χ2n) is 13.1. The summed E-state index contributed by atoms with van der Waals surface area (Å²) < 4.78 is 101. The highest BCUT2D eigenvalue weighted by Gasteiger charge is 2.47. The van der Waals surface area contributed by atoms with Crippen LogP contribution in [0.2, 0.25) is 5.28 Å². The van der Waals surface area contributed by atoms with Crippen LogP contribution in [-0.4, -0.2) is 115 Å². The van der Waals surface area contributed by atoms with E-state index >= 15 is 0 Å². The fourth-order valence-electron chi connectivity index (χ4n) is 5.84. The zero-order valence-electron chi connectivity index (χ0n) is 33.1. The van der Waals surface area contributed by atoms with Crippen LogP contribution in [0.25, 0.3) is 11.4 Å². The first-order chi connectivity index (χ1) is 28.9. The molecule has 2 unspecified atom stereocenters. The third-order valence-electron chi connectivity index (χ3n) is 8.94. The molecule has 0 aliphatic carbocycles. The molecule has 18 nitrogen and oxygen atoms in total. The summed E-state index contributed by atoms with van der Waals surface area (Å²) in [6.45, 7) is 2.62. The van der Waals surface area contributed by atoms with Crippen LogP contribution in [0.5, 0.6) is 23.0 Å². The van der Waals surface area contributed by atoms with Gasteiger partial charge >= 0.3 is 12.4 Å². The largest absolute Gasteiger partial charge is 0.494 e. The number of rotatable bonds is 6. The van der Waals surface area contributed by atoms with Gasteiger partial charge in [-0.2, -0.15) is 46.5 Å². The maximum Gasteiger partial charge on any atom is 0.412 e. The number of aryl methyl sites for hydroxylation is 2. The van der Waals surface area contributed by atoms with E-state index in [1.807, 2.05) is 13.0 Å². The van der Waals surface area contributed by atoms with E-state index in [4.69, 9.17) is 36.3 Å². The Bertz CT molecular complexity index is 2470. The van der Waals surface area contributed by atoms with Gasteiger partial charge in [0.1, 0.15) is 60.4 Å². The van der Waals surface area contributed by atoms with Gasteiger partial charge in [0, 0.05) is 37.6 Å². The summed E-state index contributed by atoms with van der Waals surface area (Å²) in [7, 11) is 5.74. The Kier molecular flexibility index (Phi) is 12.7.